The third-order valence-electron chi connectivity index (χ3n) is 5.14. The maximum absolute atomic E-state index is 11.1. The molecular formula is C22H30NO4S+. The first-order valence-corrected chi connectivity index (χ1v) is 10.3. The molecule has 0 amide bonds. The number of hydrogen-bond acceptors (Lipinski definition) is 3. The van der Waals surface area contributed by atoms with Gasteiger partial charge in [0.25, 0.3) is 0 Å². The Labute approximate surface area is 171 Å². The molecule has 0 aromatic heterocycles. The second-order valence-electron chi connectivity index (χ2n) is 6.31. The first-order chi connectivity index (χ1) is 13.3. The smallest absolute Gasteiger partial charge is 0.336 e. The van der Waals surface area contributed by atoms with Gasteiger partial charge in [-0.2, -0.15) is 0 Å². The Bertz CT molecular complexity index is 715. The van der Waals surface area contributed by atoms with Gasteiger partial charge in [-0.05, 0) is 52.0 Å². The van der Waals surface area contributed by atoms with Crippen molar-refractivity contribution in [1.29, 1.82) is 0 Å². The predicted molar refractivity (Wildman–Crippen MR) is 113 cm³/mol. The zero-order valence-corrected chi connectivity index (χ0v) is 17.8. The highest BCUT2D eigenvalue weighted by atomic mass is 32.2. The van der Waals surface area contributed by atoms with Gasteiger partial charge in [0.15, 0.2) is 0 Å². The molecule has 2 aromatic rings. The summed E-state index contributed by atoms with van der Waals surface area (Å²) >= 11 is 1.14. The highest BCUT2D eigenvalue weighted by Gasteiger charge is 2.16. The van der Waals surface area contributed by atoms with Crippen molar-refractivity contribution in [2.45, 2.75) is 37.5 Å². The van der Waals surface area contributed by atoms with Gasteiger partial charge in [-0.3, -0.25) is 0 Å². The fourth-order valence-corrected chi connectivity index (χ4v) is 3.99. The first kappa shape index (κ1) is 23.7. The molecule has 2 N–H and O–H groups in total. The maximum Gasteiger partial charge on any atom is 0.336 e. The maximum atomic E-state index is 11.1. The summed E-state index contributed by atoms with van der Waals surface area (Å²) in [4.78, 5) is 23.2. The minimum absolute atomic E-state index is 0.160. The van der Waals surface area contributed by atoms with E-state index in [2.05, 4.69) is 27.7 Å². The van der Waals surface area contributed by atoms with E-state index in [4.69, 9.17) is 10.2 Å². The number of carboxylic acid groups (broad SMARTS) is 2. The molecule has 28 heavy (non-hydrogen) atoms. The van der Waals surface area contributed by atoms with Crippen LogP contribution in [-0.4, -0.2) is 52.8 Å². The largest absolute Gasteiger partial charge is 0.478 e. The van der Waals surface area contributed by atoms with Gasteiger partial charge in [0.2, 0.25) is 0 Å². The van der Waals surface area contributed by atoms with Gasteiger partial charge in [0.1, 0.15) is 0 Å². The summed E-state index contributed by atoms with van der Waals surface area (Å²) in [5.74, 6) is -2.06. The fourth-order valence-electron chi connectivity index (χ4n) is 2.92. The highest BCUT2D eigenvalue weighted by molar-refractivity contribution is 7.99. The molecule has 0 aliphatic carbocycles. The van der Waals surface area contributed by atoms with E-state index in [0.29, 0.717) is 9.79 Å². The molecule has 0 atom stereocenters. The van der Waals surface area contributed by atoms with E-state index in [1.54, 1.807) is 36.4 Å². The second-order valence-corrected chi connectivity index (χ2v) is 7.40. The number of carboxylic acids is 2. The molecule has 0 spiro atoms. The van der Waals surface area contributed by atoms with Gasteiger partial charge < -0.3 is 14.7 Å². The summed E-state index contributed by atoms with van der Waals surface area (Å²) in [5.41, 5.74) is 0.320. The molecule has 0 aliphatic rings. The van der Waals surface area contributed by atoms with Crippen molar-refractivity contribution in [2.24, 2.45) is 0 Å². The quantitative estimate of drug-likeness (QED) is 0.598. The van der Waals surface area contributed by atoms with Gasteiger partial charge >= 0.3 is 11.9 Å². The molecular weight excluding hydrogens is 374 g/mol. The zero-order valence-electron chi connectivity index (χ0n) is 17.0. The van der Waals surface area contributed by atoms with Gasteiger partial charge in [0, 0.05) is 9.79 Å². The third kappa shape index (κ3) is 6.39. The van der Waals surface area contributed by atoms with Crippen LogP contribution in [0.15, 0.2) is 58.3 Å². The van der Waals surface area contributed by atoms with Crippen LogP contribution in [-0.2, 0) is 0 Å². The van der Waals surface area contributed by atoms with Gasteiger partial charge in [-0.1, -0.05) is 36.0 Å². The van der Waals surface area contributed by atoms with Crippen molar-refractivity contribution in [1.82, 2.24) is 0 Å². The number of nitrogens with zero attached hydrogens (tertiary/aromatic N) is 1. The summed E-state index contributed by atoms with van der Waals surface area (Å²) < 4.78 is 1.28. The number of rotatable bonds is 8. The second kappa shape index (κ2) is 11.5. The lowest BCUT2D eigenvalue weighted by molar-refractivity contribution is -0.921. The molecule has 0 fully saturated rings. The fraction of sp³-hybridized carbons (Fsp3) is 0.364. The highest BCUT2D eigenvalue weighted by Crippen LogP contribution is 2.32. The lowest BCUT2D eigenvalue weighted by Gasteiger charge is -2.34. The van der Waals surface area contributed by atoms with E-state index in [1.807, 2.05) is 0 Å². The molecule has 2 rings (SSSR count). The Kier molecular flexibility index (Phi) is 9.76. The standard InChI is InChI=1S/C14H10O4S.C8H20N/c15-13(16)9-5-1-3-7-11(9)19-12-8-4-2-6-10(12)14(17)18;1-5-9(6-2,7-3)8-4/h1-8H,(H,15,16)(H,17,18);5-8H2,1-4H3/q;+1. The Morgan fingerprint density at radius 3 is 1.29 bits per heavy atom. The van der Waals surface area contributed by atoms with E-state index in [-0.39, 0.29) is 11.1 Å². The summed E-state index contributed by atoms with van der Waals surface area (Å²) in [5, 5.41) is 18.2. The van der Waals surface area contributed by atoms with Crippen LogP contribution in [0.2, 0.25) is 0 Å². The first-order valence-electron chi connectivity index (χ1n) is 9.51. The number of aromatic carboxylic acids is 2. The molecule has 0 radical (unpaired) electrons. The number of carbonyl (C=O) groups is 2. The topological polar surface area (TPSA) is 74.6 Å². The minimum Gasteiger partial charge on any atom is -0.478 e. The van der Waals surface area contributed by atoms with Crippen LogP contribution >= 0.6 is 11.8 Å². The van der Waals surface area contributed by atoms with Crippen LogP contribution in [0.25, 0.3) is 0 Å². The molecule has 6 heteroatoms. The Morgan fingerprint density at radius 1 is 0.714 bits per heavy atom. The van der Waals surface area contributed by atoms with Crippen LogP contribution in [0.1, 0.15) is 48.4 Å². The summed E-state index contributed by atoms with van der Waals surface area (Å²) in [6, 6.07) is 13.0. The van der Waals surface area contributed by atoms with Gasteiger partial charge in [-0.25, -0.2) is 9.59 Å². The van der Waals surface area contributed by atoms with Crippen LogP contribution in [0.4, 0.5) is 0 Å². The van der Waals surface area contributed by atoms with Crippen LogP contribution in [0, 0.1) is 0 Å². The van der Waals surface area contributed by atoms with Crippen LogP contribution in [0.3, 0.4) is 0 Å². The third-order valence-corrected chi connectivity index (χ3v) is 6.29. The molecule has 0 saturated carbocycles. The zero-order chi connectivity index (χ0) is 21.2. The van der Waals surface area contributed by atoms with E-state index in [0.717, 1.165) is 11.8 Å². The number of quaternary nitrogens is 1. The molecule has 0 aliphatic heterocycles. The van der Waals surface area contributed by atoms with Crippen molar-refractivity contribution in [3.8, 4) is 0 Å². The molecule has 0 unspecified atom stereocenters. The van der Waals surface area contributed by atoms with Crippen molar-refractivity contribution in [3.63, 3.8) is 0 Å². The molecule has 0 bridgehead atoms. The van der Waals surface area contributed by atoms with E-state index in [9.17, 15) is 9.59 Å². The summed E-state index contributed by atoms with van der Waals surface area (Å²) in [7, 11) is 0. The number of hydrogen-bond donors (Lipinski definition) is 2. The normalized spacial score (nSPS) is 10.7. The minimum atomic E-state index is -1.03. The van der Waals surface area contributed by atoms with Crippen molar-refractivity contribution in [2.75, 3.05) is 26.2 Å². The Balaban J connectivity index is 0.000000370. The molecule has 0 heterocycles. The van der Waals surface area contributed by atoms with E-state index < -0.39 is 11.9 Å². The van der Waals surface area contributed by atoms with Crippen molar-refractivity contribution < 1.29 is 24.3 Å². The van der Waals surface area contributed by atoms with Crippen molar-refractivity contribution in [3.05, 3.63) is 59.7 Å². The predicted octanol–water partition coefficient (Wildman–Crippen LogP) is 5.12. The average molecular weight is 405 g/mol. The van der Waals surface area contributed by atoms with Crippen LogP contribution in [0.5, 0.6) is 0 Å². The average Bonchev–Trinajstić information content (AvgIpc) is 2.71. The van der Waals surface area contributed by atoms with E-state index >= 15 is 0 Å². The Morgan fingerprint density at radius 2 is 1.04 bits per heavy atom. The summed E-state index contributed by atoms with van der Waals surface area (Å²) in [6.07, 6.45) is 0. The molecule has 2 aromatic carbocycles. The Hall–Kier alpha value is -2.31. The lowest BCUT2D eigenvalue weighted by atomic mass is 10.2. The monoisotopic (exact) mass is 404 g/mol. The van der Waals surface area contributed by atoms with Gasteiger partial charge in [-0.15, -0.1) is 0 Å². The summed E-state index contributed by atoms with van der Waals surface area (Å²) in [6.45, 7) is 14.2. The molecule has 152 valence electrons. The number of benzene rings is 2. The van der Waals surface area contributed by atoms with Crippen molar-refractivity contribution >= 4 is 23.7 Å². The SMILES string of the molecule is CC[N+](CC)(CC)CC.O=C(O)c1ccccc1Sc1ccccc1C(=O)O. The lowest BCUT2D eigenvalue weighted by Crippen LogP contribution is -2.47. The van der Waals surface area contributed by atoms with Gasteiger partial charge in [0.05, 0.1) is 37.3 Å². The molecule has 0 saturated heterocycles. The van der Waals surface area contributed by atoms with Crippen LogP contribution < -0.4 is 0 Å². The molecule has 5 nitrogen and oxygen atoms in total. The van der Waals surface area contributed by atoms with E-state index in [1.165, 1.54) is 42.8 Å².